The van der Waals surface area contributed by atoms with E-state index in [-0.39, 0.29) is 39.2 Å². The molecule has 34 heavy (non-hydrogen) atoms. The molecule has 172 valence electrons. The van der Waals surface area contributed by atoms with Gasteiger partial charge in [-0.3, -0.25) is 14.9 Å². The average Bonchev–Trinajstić information content (AvgIpc) is 2.77. The summed E-state index contributed by atoms with van der Waals surface area (Å²) in [7, 11) is 0. The van der Waals surface area contributed by atoms with E-state index in [9.17, 15) is 14.4 Å². The lowest BCUT2D eigenvalue weighted by molar-refractivity contribution is -0.122. The predicted octanol–water partition coefficient (Wildman–Crippen LogP) is 6.55. The van der Waals surface area contributed by atoms with Crippen LogP contribution >= 0.6 is 46.4 Å². The Hall–Kier alpha value is -3.03. The van der Waals surface area contributed by atoms with Crippen molar-refractivity contribution in [1.82, 2.24) is 5.32 Å². The number of rotatable bonds is 5. The summed E-state index contributed by atoms with van der Waals surface area (Å²) in [6.07, 6.45) is 1.27. The number of anilines is 1. The van der Waals surface area contributed by atoms with E-state index >= 15 is 0 Å². The van der Waals surface area contributed by atoms with Crippen LogP contribution in [0.25, 0.3) is 6.08 Å². The number of barbiturate groups is 1. The first-order valence-electron chi connectivity index (χ1n) is 9.76. The number of halogens is 4. The van der Waals surface area contributed by atoms with Gasteiger partial charge in [-0.05, 0) is 54.1 Å². The van der Waals surface area contributed by atoms with Crippen LogP contribution in [0.4, 0.5) is 10.5 Å². The van der Waals surface area contributed by atoms with Crippen LogP contribution < -0.4 is 15.0 Å². The SMILES string of the molecule is O=C1NC(=O)N(c2cccc(Cl)c2)C(=O)/C1=C/c1cc(Cl)cc(Cl)c1OCc1ccc(Cl)cc1. The highest BCUT2D eigenvalue weighted by atomic mass is 35.5. The Labute approximate surface area is 214 Å². The summed E-state index contributed by atoms with van der Waals surface area (Å²) in [5, 5.41) is 3.50. The summed E-state index contributed by atoms with van der Waals surface area (Å²) in [6.45, 7) is 0.141. The Morgan fingerprint density at radius 3 is 2.29 bits per heavy atom. The molecule has 1 saturated heterocycles. The fourth-order valence-electron chi connectivity index (χ4n) is 3.24. The van der Waals surface area contributed by atoms with Gasteiger partial charge in [0.1, 0.15) is 17.9 Å². The number of carbonyl (C=O) groups is 3. The minimum atomic E-state index is -0.891. The minimum Gasteiger partial charge on any atom is -0.487 e. The molecule has 0 saturated carbocycles. The van der Waals surface area contributed by atoms with E-state index in [1.165, 1.54) is 30.3 Å². The van der Waals surface area contributed by atoms with E-state index in [0.29, 0.717) is 10.0 Å². The summed E-state index contributed by atoms with van der Waals surface area (Å²) in [4.78, 5) is 39.0. The second kappa shape index (κ2) is 10.1. The van der Waals surface area contributed by atoms with Crippen molar-refractivity contribution < 1.29 is 19.1 Å². The van der Waals surface area contributed by atoms with Gasteiger partial charge in [-0.1, -0.05) is 64.6 Å². The van der Waals surface area contributed by atoms with Crippen molar-refractivity contribution in [3.05, 3.63) is 97.5 Å². The molecule has 6 nitrogen and oxygen atoms in total. The Kier molecular flexibility index (Phi) is 7.14. The van der Waals surface area contributed by atoms with Crippen molar-refractivity contribution in [1.29, 1.82) is 0 Å². The van der Waals surface area contributed by atoms with Crippen molar-refractivity contribution in [2.45, 2.75) is 6.61 Å². The summed E-state index contributed by atoms with van der Waals surface area (Å²) in [6, 6.07) is 15.2. The van der Waals surface area contributed by atoms with Gasteiger partial charge in [0.25, 0.3) is 11.8 Å². The number of carbonyl (C=O) groups excluding carboxylic acids is 3. The number of nitrogens with one attached hydrogen (secondary N) is 1. The molecule has 1 fully saturated rings. The van der Waals surface area contributed by atoms with Gasteiger partial charge in [0, 0.05) is 20.6 Å². The van der Waals surface area contributed by atoms with Crippen molar-refractivity contribution in [3.63, 3.8) is 0 Å². The first-order chi connectivity index (χ1) is 16.2. The van der Waals surface area contributed by atoms with E-state index in [4.69, 9.17) is 51.1 Å². The molecule has 0 atom stereocenters. The standard InChI is InChI=1S/C24H14Cl4N2O4/c25-15-6-4-13(5-7-15)12-34-21-14(8-17(27)11-20(21)28)9-19-22(31)29-24(33)30(23(19)32)18-3-1-2-16(26)10-18/h1-11H,12H2,(H,29,31,33)/b19-9+. The highest BCUT2D eigenvalue weighted by Crippen LogP contribution is 2.35. The number of hydrogen-bond acceptors (Lipinski definition) is 4. The number of amides is 4. The van der Waals surface area contributed by atoms with Crippen molar-refractivity contribution in [2.24, 2.45) is 0 Å². The molecule has 0 unspecified atom stereocenters. The van der Waals surface area contributed by atoms with E-state index in [0.717, 1.165) is 10.5 Å². The zero-order valence-electron chi connectivity index (χ0n) is 17.2. The van der Waals surface area contributed by atoms with Crippen LogP contribution in [-0.2, 0) is 16.2 Å². The molecule has 0 aliphatic carbocycles. The molecule has 3 aromatic rings. The summed E-state index contributed by atoms with van der Waals surface area (Å²) >= 11 is 24.4. The smallest absolute Gasteiger partial charge is 0.335 e. The largest absolute Gasteiger partial charge is 0.487 e. The quantitative estimate of drug-likeness (QED) is 0.297. The molecular weight excluding hydrogens is 522 g/mol. The molecule has 4 rings (SSSR count). The topological polar surface area (TPSA) is 75.7 Å². The molecule has 1 aliphatic rings. The van der Waals surface area contributed by atoms with Crippen LogP contribution in [0.3, 0.4) is 0 Å². The van der Waals surface area contributed by atoms with Crippen LogP contribution in [0, 0.1) is 0 Å². The number of hydrogen-bond donors (Lipinski definition) is 1. The normalized spacial score (nSPS) is 15.0. The molecule has 4 amide bonds. The molecule has 1 heterocycles. The zero-order valence-corrected chi connectivity index (χ0v) is 20.2. The molecule has 0 aromatic heterocycles. The fraction of sp³-hybridized carbons (Fsp3) is 0.0417. The van der Waals surface area contributed by atoms with E-state index in [1.807, 2.05) is 0 Å². The molecule has 0 radical (unpaired) electrons. The highest BCUT2D eigenvalue weighted by molar-refractivity contribution is 6.40. The van der Waals surface area contributed by atoms with Gasteiger partial charge in [0.05, 0.1) is 10.7 Å². The number of ether oxygens (including phenoxy) is 1. The van der Waals surface area contributed by atoms with Crippen LogP contribution in [0.2, 0.25) is 20.1 Å². The van der Waals surface area contributed by atoms with Gasteiger partial charge in [-0.25, -0.2) is 9.69 Å². The number of benzene rings is 3. The molecule has 10 heteroatoms. The fourth-order valence-corrected chi connectivity index (χ4v) is 4.11. The van der Waals surface area contributed by atoms with Gasteiger partial charge in [0.2, 0.25) is 0 Å². The van der Waals surface area contributed by atoms with Crippen molar-refractivity contribution >= 4 is 76.0 Å². The maximum atomic E-state index is 13.2. The van der Waals surface area contributed by atoms with Crippen molar-refractivity contribution in [3.8, 4) is 5.75 Å². The molecule has 3 aromatic carbocycles. The zero-order chi connectivity index (χ0) is 24.4. The maximum absolute atomic E-state index is 13.2. The summed E-state index contributed by atoms with van der Waals surface area (Å²) < 4.78 is 5.89. The Morgan fingerprint density at radius 2 is 1.59 bits per heavy atom. The highest BCUT2D eigenvalue weighted by Gasteiger charge is 2.37. The van der Waals surface area contributed by atoms with E-state index < -0.39 is 17.8 Å². The Bertz CT molecular complexity index is 1340. The molecule has 1 aliphatic heterocycles. The van der Waals surface area contributed by atoms with Gasteiger partial charge >= 0.3 is 6.03 Å². The van der Waals surface area contributed by atoms with Crippen LogP contribution in [0.15, 0.2) is 66.2 Å². The van der Waals surface area contributed by atoms with Gasteiger partial charge < -0.3 is 4.74 Å². The van der Waals surface area contributed by atoms with E-state index in [2.05, 4.69) is 5.32 Å². The summed E-state index contributed by atoms with van der Waals surface area (Å²) in [5.74, 6) is -1.50. The van der Waals surface area contributed by atoms with E-state index in [1.54, 1.807) is 36.4 Å². The first-order valence-corrected chi connectivity index (χ1v) is 11.3. The molecule has 1 N–H and O–H groups in total. The lowest BCUT2D eigenvalue weighted by Gasteiger charge is -2.26. The Morgan fingerprint density at radius 1 is 0.853 bits per heavy atom. The Balaban J connectivity index is 1.71. The van der Waals surface area contributed by atoms with Crippen LogP contribution in [0.5, 0.6) is 5.75 Å². The second-order valence-electron chi connectivity index (χ2n) is 7.16. The number of nitrogens with zero attached hydrogens (tertiary/aromatic N) is 1. The van der Waals surface area contributed by atoms with Crippen LogP contribution in [0.1, 0.15) is 11.1 Å². The molecule has 0 bridgehead atoms. The third-order valence-corrected chi connectivity index (χ3v) is 5.79. The molecular formula is C24H14Cl4N2O4. The third-order valence-electron chi connectivity index (χ3n) is 4.80. The van der Waals surface area contributed by atoms with Gasteiger partial charge in [-0.2, -0.15) is 0 Å². The first kappa shape index (κ1) is 24.1. The van der Waals surface area contributed by atoms with Crippen LogP contribution in [-0.4, -0.2) is 17.8 Å². The van der Waals surface area contributed by atoms with Gasteiger partial charge in [0.15, 0.2) is 0 Å². The minimum absolute atomic E-state index is 0.141. The second-order valence-corrected chi connectivity index (χ2v) is 8.88. The lowest BCUT2D eigenvalue weighted by Crippen LogP contribution is -2.54. The van der Waals surface area contributed by atoms with Crippen molar-refractivity contribution in [2.75, 3.05) is 4.90 Å². The maximum Gasteiger partial charge on any atom is 0.335 e. The predicted molar refractivity (Wildman–Crippen MR) is 133 cm³/mol. The lowest BCUT2D eigenvalue weighted by atomic mass is 10.1. The number of urea groups is 1. The molecule has 0 spiro atoms. The number of imide groups is 2. The average molecular weight is 536 g/mol. The van der Waals surface area contributed by atoms with Gasteiger partial charge in [-0.15, -0.1) is 0 Å². The third kappa shape index (κ3) is 5.21. The summed E-state index contributed by atoms with van der Waals surface area (Å²) in [5.41, 5.74) is 0.995. The monoisotopic (exact) mass is 534 g/mol.